The van der Waals surface area contributed by atoms with Crippen LogP contribution in [0.5, 0.6) is 11.5 Å². The first kappa shape index (κ1) is 15.0. The number of nitrogens with one attached hydrogen (secondary N) is 1. The highest BCUT2D eigenvalue weighted by Crippen LogP contribution is 2.34. The van der Waals surface area contributed by atoms with Gasteiger partial charge in [0, 0.05) is 29.6 Å². The Balaban J connectivity index is 2.03. The summed E-state index contributed by atoms with van der Waals surface area (Å²) in [7, 11) is 0. The summed E-state index contributed by atoms with van der Waals surface area (Å²) in [5, 5.41) is 6.73. The number of nitrogens with two attached hydrogens (primary N) is 1. The van der Waals surface area contributed by atoms with Crippen LogP contribution >= 0.6 is 0 Å². The molecule has 7 nitrogen and oxygen atoms in total. The zero-order valence-electron chi connectivity index (χ0n) is 13.2. The Morgan fingerprint density at radius 2 is 1.96 bits per heavy atom. The first-order valence-corrected chi connectivity index (χ1v) is 7.30. The predicted octanol–water partition coefficient (Wildman–Crippen LogP) is 3.07. The van der Waals surface area contributed by atoms with Gasteiger partial charge in [-0.15, -0.1) is 0 Å². The number of aryl methyl sites for hydroxylation is 1. The fourth-order valence-corrected chi connectivity index (χ4v) is 2.19. The second kappa shape index (κ2) is 6.04. The average Bonchev–Trinajstić information content (AvgIpc) is 3.04. The van der Waals surface area contributed by atoms with Crippen LogP contribution in [0.4, 0.5) is 5.82 Å². The quantitative estimate of drug-likeness (QED) is 0.767. The SMILES string of the molecule is Cc1ncc(Oc2cc(-c3cn[nH]c3)ncc2C(C)C)c(N)n1. The van der Waals surface area contributed by atoms with Gasteiger partial charge in [-0.05, 0) is 12.8 Å². The third-order valence-electron chi connectivity index (χ3n) is 3.43. The van der Waals surface area contributed by atoms with Gasteiger partial charge < -0.3 is 10.5 Å². The van der Waals surface area contributed by atoms with Gasteiger partial charge in [-0.1, -0.05) is 13.8 Å². The van der Waals surface area contributed by atoms with Crippen molar-refractivity contribution in [3.8, 4) is 22.8 Å². The molecule has 3 N–H and O–H groups in total. The van der Waals surface area contributed by atoms with Gasteiger partial charge in [0.1, 0.15) is 11.6 Å². The summed E-state index contributed by atoms with van der Waals surface area (Å²) in [4.78, 5) is 12.7. The summed E-state index contributed by atoms with van der Waals surface area (Å²) >= 11 is 0. The van der Waals surface area contributed by atoms with Gasteiger partial charge in [-0.3, -0.25) is 10.1 Å². The smallest absolute Gasteiger partial charge is 0.187 e. The molecule has 7 heteroatoms. The molecule has 0 radical (unpaired) electrons. The largest absolute Gasteiger partial charge is 0.451 e. The van der Waals surface area contributed by atoms with Crippen LogP contribution in [0.2, 0.25) is 0 Å². The summed E-state index contributed by atoms with van der Waals surface area (Å²) in [5.41, 5.74) is 8.56. The molecule has 23 heavy (non-hydrogen) atoms. The van der Waals surface area contributed by atoms with Crippen LogP contribution in [0, 0.1) is 6.92 Å². The molecule has 3 rings (SSSR count). The van der Waals surface area contributed by atoms with E-state index in [0.29, 0.717) is 23.1 Å². The monoisotopic (exact) mass is 310 g/mol. The molecule has 0 aromatic carbocycles. The molecule has 0 unspecified atom stereocenters. The number of ether oxygens (including phenoxy) is 1. The molecule has 3 aromatic heterocycles. The van der Waals surface area contributed by atoms with Crippen LogP contribution in [0.25, 0.3) is 11.3 Å². The number of nitrogens with zero attached hydrogens (tertiary/aromatic N) is 4. The van der Waals surface area contributed by atoms with E-state index in [1.807, 2.05) is 12.3 Å². The minimum atomic E-state index is 0.253. The molecule has 0 saturated carbocycles. The van der Waals surface area contributed by atoms with Crippen molar-refractivity contribution in [3.05, 3.63) is 42.2 Å². The van der Waals surface area contributed by atoms with Gasteiger partial charge >= 0.3 is 0 Å². The normalized spacial score (nSPS) is 11.0. The highest BCUT2D eigenvalue weighted by Gasteiger charge is 2.14. The minimum absolute atomic E-state index is 0.253. The highest BCUT2D eigenvalue weighted by molar-refractivity contribution is 5.60. The van der Waals surface area contributed by atoms with Gasteiger partial charge in [0.2, 0.25) is 0 Å². The van der Waals surface area contributed by atoms with Gasteiger partial charge in [0.05, 0.1) is 18.1 Å². The molecular weight excluding hydrogens is 292 g/mol. The van der Waals surface area contributed by atoms with Crippen LogP contribution in [-0.4, -0.2) is 25.1 Å². The number of hydrogen-bond acceptors (Lipinski definition) is 6. The number of aromatic amines is 1. The maximum atomic E-state index is 5.97. The summed E-state index contributed by atoms with van der Waals surface area (Å²) in [5.74, 6) is 2.29. The lowest BCUT2D eigenvalue weighted by molar-refractivity contribution is 0.469. The van der Waals surface area contributed by atoms with E-state index in [4.69, 9.17) is 10.5 Å². The topological polar surface area (TPSA) is 103 Å². The molecular formula is C16H18N6O. The molecule has 0 amide bonds. The molecule has 0 aliphatic rings. The Morgan fingerprint density at radius 1 is 1.13 bits per heavy atom. The van der Waals surface area contributed by atoms with Crippen LogP contribution in [-0.2, 0) is 0 Å². The van der Waals surface area contributed by atoms with E-state index in [2.05, 4.69) is 39.0 Å². The molecule has 0 saturated heterocycles. The number of rotatable bonds is 4. The second-order valence-corrected chi connectivity index (χ2v) is 5.52. The van der Waals surface area contributed by atoms with E-state index in [1.165, 1.54) is 0 Å². The fraction of sp³-hybridized carbons (Fsp3) is 0.250. The molecule has 0 bridgehead atoms. The van der Waals surface area contributed by atoms with Crippen LogP contribution < -0.4 is 10.5 Å². The Morgan fingerprint density at radius 3 is 2.61 bits per heavy atom. The maximum absolute atomic E-state index is 5.97. The fourth-order valence-electron chi connectivity index (χ4n) is 2.19. The van der Waals surface area contributed by atoms with E-state index in [1.54, 1.807) is 25.5 Å². The standard InChI is InChI=1S/C16H18N6O/c1-9(2)12-7-19-13(11-5-20-21-6-11)4-14(12)23-15-8-18-10(3)22-16(15)17/h4-9H,1-3H3,(H,20,21)(H2,17,18,22). The summed E-state index contributed by atoms with van der Waals surface area (Å²) in [6.45, 7) is 5.94. The summed E-state index contributed by atoms with van der Waals surface area (Å²) in [6.07, 6.45) is 6.89. The third kappa shape index (κ3) is 3.13. The van der Waals surface area contributed by atoms with Crippen molar-refractivity contribution < 1.29 is 4.74 Å². The van der Waals surface area contributed by atoms with Gasteiger partial charge in [0.25, 0.3) is 0 Å². The number of anilines is 1. The van der Waals surface area contributed by atoms with Crippen molar-refractivity contribution in [2.24, 2.45) is 0 Å². The molecule has 0 spiro atoms. The van der Waals surface area contributed by atoms with Crippen LogP contribution in [0.15, 0.2) is 30.9 Å². The summed E-state index contributed by atoms with van der Waals surface area (Å²) < 4.78 is 5.97. The zero-order valence-corrected chi connectivity index (χ0v) is 13.2. The molecule has 0 fully saturated rings. The number of nitrogen functional groups attached to an aromatic ring is 1. The summed E-state index contributed by atoms with van der Waals surface area (Å²) in [6, 6.07) is 1.87. The van der Waals surface area contributed by atoms with Crippen molar-refractivity contribution in [2.45, 2.75) is 26.7 Å². The van der Waals surface area contributed by atoms with E-state index >= 15 is 0 Å². The molecule has 0 atom stereocenters. The van der Waals surface area contributed by atoms with E-state index < -0.39 is 0 Å². The van der Waals surface area contributed by atoms with E-state index in [0.717, 1.165) is 16.8 Å². The molecule has 118 valence electrons. The Kier molecular flexibility index (Phi) is 3.92. The Bertz CT molecular complexity index is 813. The zero-order chi connectivity index (χ0) is 16.4. The Labute approximate surface area is 134 Å². The lowest BCUT2D eigenvalue weighted by Crippen LogP contribution is -2.01. The first-order valence-electron chi connectivity index (χ1n) is 7.30. The molecule has 0 aliphatic heterocycles. The highest BCUT2D eigenvalue weighted by atomic mass is 16.5. The predicted molar refractivity (Wildman–Crippen MR) is 87.2 cm³/mol. The van der Waals surface area contributed by atoms with Crippen LogP contribution in [0.1, 0.15) is 31.2 Å². The number of aromatic nitrogens is 5. The number of hydrogen-bond donors (Lipinski definition) is 2. The van der Waals surface area contributed by atoms with Crippen molar-refractivity contribution in [2.75, 3.05) is 5.73 Å². The van der Waals surface area contributed by atoms with Crippen molar-refractivity contribution in [1.29, 1.82) is 0 Å². The maximum Gasteiger partial charge on any atom is 0.187 e. The number of pyridine rings is 1. The number of H-pyrrole nitrogens is 1. The third-order valence-corrected chi connectivity index (χ3v) is 3.43. The Hall–Kier alpha value is -2.96. The van der Waals surface area contributed by atoms with Gasteiger partial charge in [-0.2, -0.15) is 5.10 Å². The average molecular weight is 310 g/mol. The van der Waals surface area contributed by atoms with Crippen molar-refractivity contribution in [3.63, 3.8) is 0 Å². The van der Waals surface area contributed by atoms with Gasteiger partial charge in [-0.25, -0.2) is 9.97 Å². The van der Waals surface area contributed by atoms with E-state index in [9.17, 15) is 0 Å². The molecule has 3 heterocycles. The lowest BCUT2D eigenvalue weighted by Gasteiger charge is -2.15. The molecule has 0 aliphatic carbocycles. The second-order valence-electron chi connectivity index (χ2n) is 5.52. The van der Waals surface area contributed by atoms with Crippen LogP contribution in [0.3, 0.4) is 0 Å². The minimum Gasteiger partial charge on any atom is -0.451 e. The van der Waals surface area contributed by atoms with Crippen molar-refractivity contribution >= 4 is 5.82 Å². The van der Waals surface area contributed by atoms with E-state index in [-0.39, 0.29) is 5.92 Å². The van der Waals surface area contributed by atoms with Crippen molar-refractivity contribution in [1.82, 2.24) is 25.1 Å². The molecule has 3 aromatic rings. The van der Waals surface area contributed by atoms with Gasteiger partial charge in [0.15, 0.2) is 11.6 Å². The first-order chi connectivity index (χ1) is 11.0. The lowest BCUT2D eigenvalue weighted by atomic mass is 10.0.